The number of aromatic nitrogens is 4. The van der Waals surface area contributed by atoms with Gasteiger partial charge in [0.2, 0.25) is 11.9 Å². The number of ether oxygens (including phenoxy) is 1. The van der Waals surface area contributed by atoms with Crippen molar-refractivity contribution in [3.05, 3.63) is 10.4 Å². The fourth-order valence-corrected chi connectivity index (χ4v) is 7.13. The molecule has 0 aromatic carbocycles. The third-order valence-corrected chi connectivity index (χ3v) is 8.38. The maximum Gasteiger partial charge on any atom is 0.476 e. The van der Waals surface area contributed by atoms with Gasteiger partial charge in [-0.3, -0.25) is 24.1 Å². The molecule has 1 spiro atoms. The molecule has 5 heterocycles. The smallest absolute Gasteiger partial charge is 0.385 e. The number of amides is 1. The lowest BCUT2D eigenvalue weighted by Gasteiger charge is -2.49. The molecule has 1 aliphatic carbocycles. The maximum absolute atomic E-state index is 12.5. The van der Waals surface area contributed by atoms with Gasteiger partial charge in [-0.2, -0.15) is 18.9 Å². The van der Waals surface area contributed by atoms with Gasteiger partial charge < -0.3 is 20.9 Å². The molecule has 3 saturated heterocycles. The van der Waals surface area contributed by atoms with Crippen LogP contribution in [-0.4, -0.2) is 85.4 Å². The Morgan fingerprint density at radius 3 is 3.06 bits per heavy atom. The highest BCUT2D eigenvalue weighted by Gasteiger charge is 2.83. The molecule has 2 bridgehead atoms. The first-order valence-corrected chi connectivity index (χ1v) is 13.5. The number of nitrogen functional groups attached to an aromatic ring is 1. The second-order valence-corrected chi connectivity index (χ2v) is 11.8. The van der Waals surface area contributed by atoms with E-state index in [9.17, 15) is 19.6 Å². The Balaban J connectivity index is 1.50. The number of H-pyrrole nitrogens is 1. The highest BCUT2D eigenvalue weighted by Crippen LogP contribution is 2.75. The topological polar surface area (TPSA) is 199 Å². The summed E-state index contributed by atoms with van der Waals surface area (Å²) in [7, 11) is -3.41. The molecule has 17 heteroatoms. The highest BCUT2D eigenvalue weighted by molar-refractivity contribution is 8.47. The van der Waals surface area contributed by atoms with Gasteiger partial charge in [0.15, 0.2) is 27.6 Å². The number of nitrogens with two attached hydrogens (primary N) is 1. The summed E-state index contributed by atoms with van der Waals surface area (Å²) in [4.78, 5) is 48.8. The molecule has 1 saturated carbocycles. The van der Waals surface area contributed by atoms with E-state index in [1.54, 1.807) is 0 Å². The van der Waals surface area contributed by atoms with E-state index in [1.165, 1.54) is 16.3 Å². The van der Waals surface area contributed by atoms with E-state index in [0.717, 1.165) is 0 Å². The zero-order chi connectivity index (χ0) is 23.6. The van der Waals surface area contributed by atoms with E-state index in [1.807, 2.05) is 0 Å². The summed E-state index contributed by atoms with van der Waals surface area (Å²) >= 11 is 5.26. The summed E-state index contributed by atoms with van der Waals surface area (Å²) in [6.45, 7) is 3.50. The van der Waals surface area contributed by atoms with Gasteiger partial charge in [0.05, 0.1) is 12.2 Å². The van der Waals surface area contributed by atoms with Crippen LogP contribution in [-0.2, 0) is 24.3 Å². The maximum atomic E-state index is 12.5. The molecular weight excluding hydrogens is 497 g/mol. The molecule has 14 nitrogen and oxygen atoms in total. The number of aliphatic imine (C=N–C) groups is 1. The Morgan fingerprint density at radius 2 is 2.33 bits per heavy atom. The number of thioether (sulfide) groups is 1. The lowest BCUT2D eigenvalue weighted by molar-refractivity contribution is -0.215. The fourth-order valence-electron chi connectivity index (χ4n) is 4.46. The van der Waals surface area contributed by atoms with Crippen LogP contribution in [0.15, 0.2) is 14.9 Å². The van der Waals surface area contributed by atoms with Crippen molar-refractivity contribution >= 4 is 60.9 Å². The zero-order valence-electron chi connectivity index (χ0n) is 17.0. The molecule has 2 aromatic rings. The van der Waals surface area contributed by atoms with E-state index in [4.69, 9.17) is 19.5 Å². The average molecular weight is 518 g/mol. The summed E-state index contributed by atoms with van der Waals surface area (Å²) in [5, 5.41) is 14.2. The summed E-state index contributed by atoms with van der Waals surface area (Å²) in [6.07, 6.45) is -1.76. The SMILES string of the molecule is C=NCC(=O)NCCSc1nc2c(=O)[nH]c(N)nc2n1C12CC3(O[P+](O)(S)OCC3O1)C2O. The summed E-state index contributed by atoms with van der Waals surface area (Å²) < 4.78 is 18.6. The van der Waals surface area contributed by atoms with Gasteiger partial charge in [0.25, 0.3) is 5.56 Å². The Hall–Kier alpha value is -1.78. The number of imidazole rings is 1. The summed E-state index contributed by atoms with van der Waals surface area (Å²) in [6, 6.07) is 0. The van der Waals surface area contributed by atoms with Gasteiger partial charge in [-0.25, -0.2) is 4.98 Å². The first kappa shape index (κ1) is 23.0. The second-order valence-electron chi connectivity index (χ2n) is 7.80. The number of fused-ring (bicyclic) bond motifs is 1. The predicted molar refractivity (Wildman–Crippen MR) is 122 cm³/mol. The number of carbonyl (C=O) groups is 1. The molecule has 3 aliphatic heterocycles. The van der Waals surface area contributed by atoms with Gasteiger partial charge in [0, 0.05) is 18.7 Å². The molecule has 0 radical (unpaired) electrons. The molecule has 1 amide bonds. The van der Waals surface area contributed by atoms with Crippen LogP contribution in [0.2, 0.25) is 0 Å². The quantitative estimate of drug-likeness (QED) is 0.0847. The lowest BCUT2D eigenvalue weighted by Crippen LogP contribution is -2.67. The molecule has 2 aromatic heterocycles. The zero-order valence-corrected chi connectivity index (χ0v) is 19.6. The van der Waals surface area contributed by atoms with Crippen LogP contribution in [0, 0.1) is 0 Å². The molecule has 4 fully saturated rings. The summed E-state index contributed by atoms with van der Waals surface area (Å²) in [5.41, 5.74) is 2.78. The van der Waals surface area contributed by atoms with Crippen LogP contribution in [0.5, 0.6) is 0 Å². The van der Waals surface area contributed by atoms with E-state index in [0.29, 0.717) is 17.5 Å². The van der Waals surface area contributed by atoms with Crippen LogP contribution < -0.4 is 16.6 Å². The largest absolute Gasteiger partial charge is 0.476 e. The second kappa shape index (κ2) is 7.88. The molecule has 5 atom stereocenters. The van der Waals surface area contributed by atoms with Gasteiger partial charge in [-0.1, -0.05) is 11.8 Å². The highest BCUT2D eigenvalue weighted by atomic mass is 32.7. The minimum atomic E-state index is -3.41. The molecular formula is C16H21N7O7PS2+. The minimum Gasteiger partial charge on any atom is -0.385 e. The molecule has 6 N–H and O–H groups in total. The van der Waals surface area contributed by atoms with Crippen molar-refractivity contribution in [2.24, 2.45) is 4.99 Å². The number of carbonyl (C=O) groups excluding carboxylic acids is 1. The molecule has 178 valence electrons. The Bertz CT molecular complexity index is 1210. The number of aliphatic hydroxyl groups excluding tert-OH is 1. The van der Waals surface area contributed by atoms with Gasteiger partial charge in [0.1, 0.15) is 25.4 Å². The first-order chi connectivity index (χ1) is 15.6. The van der Waals surface area contributed by atoms with Crippen molar-refractivity contribution < 1.29 is 28.6 Å². The van der Waals surface area contributed by atoms with Crippen molar-refractivity contribution in [2.45, 2.75) is 35.1 Å². The monoisotopic (exact) mass is 518 g/mol. The lowest BCUT2D eigenvalue weighted by atomic mass is 9.70. The number of nitrogens with zero attached hydrogens (tertiary/aromatic N) is 4. The molecule has 6 rings (SSSR count). The van der Waals surface area contributed by atoms with Crippen molar-refractivity contribution in [1.82, 2.24) is 24.8 Å². The van der Waals surface area contributed by atoms with E-state index >= 15 is 0 Å². The fraction of sp³-hybridized carbons (Fsp3) is 0.562. The van der Waals surface area contributed by atoms with E-state index < -0.39 is 36.2 Å². The van der Waals surface area contributed by atoms with Crippen LogP contribution >= 0.6 is 31.2 Å². The van der Waals surface area contributed by atoms with Gasteiger partial charge >= 0.3 is 7.15 Å². The number of nitrogens with one attached hydrogen (secondary N) is 2. The molecule has 33 heavy (non-hydrogen) atoms. The van der Waals surface area contributed by atoms with Gasteiger partial charge in [-0.05, 0) is 6.72 Å². The minimum absolute atomic E-state index is 0.0166. The van der Waals surface area contributed by atoms with Crippen LogP contribution in [0.25, 0.3) is 11.2 Å². The number of hydrogen-bond acceptors (Lipinski definition) is 13. The Kier molecular flexibility index (Phi) is 5.49. The Labute approximate surface area is 196 Å². The van der Waals surface area contributed by atoms with Crippen LogP contribution in [0.4, 0.5) is 5.95 Å². The normalized spacial score (nSPS) is 34.6. The number of aromatic amines is 1. The third kappa shape index (κ3) is 3.47. The number of hydrogen-bond donors (Lipinski definition) is 6. The number of aliphatic hydroxyl groups is 1. The first-order valence-electron chi connectivity index (χ1n) is 9.78. The van der Waals surface area contributed by atoms with E-state index in [2.05, 4.69) is 44.2 Å². The molecule has 5 unspecified atom stereocenters. The van der Waals surface area contributed by atoms with Crippen LogP contribution in [0.3, 0.4) is 0 Å². The number of thiol groups is 1. The standard InChI is InChI=1S/C16H20N7O7PS2/c1-18-4-8(24)19-2-3-33-14-20-9-10(21-13(17)22-11(9)25)23(14)16-6-15(12(16)26)7(29-16)5-28-31(27,32)30-15/h7,12,26-27,32H,1-6H2,(H3-,17,19,21,22,24,25)/p+1. The van der Waals surface area contributed by atoms with Gasteiger partial charge in [-0.15, -0.1) is 0 Å². The van der Waals surface area contributed by atoms with Crippen molar-refractivity contribution in [3.8, 4) is 0 Å². The molecule has 4 aliphatic rings. The van der Waals surface area contributed by atoms with Crippen molar-refractivity contribution in [2.75, 3.05) is 31.2 Å². The third-order valence-electron chi connectivity index (χ3n) is 5.79. The number of anilines is 1. The predicted octanol–water partition coefficient (Wildman–Crippen LogP) is -1.19. The van der Waals surface area contributed by atoms with Crippen molar-refractivity contribution in [3.63, 3.8) is 0 Å². The summed E-state index contributed by atoms with van der Waals surface area (Å²) in [5.74, 6) is -0.00941. The van der Waals surface area contributed by atoms with Crippen LogP contribution in [0.1, 0.15) is 6.42 Å². The number of rotatable bonds is 7. The van der Waals surface area contributed by atoms with E-state index in [-0.39, 0.29) is 42.6 Å². The average Bonchev–Trinajstić information content (AvgIpc) is 3.34. The Morgan fingerprint density at radius 1 is 1.55 bits per heavy atom. The van der Waals surface area contributed by atoms with Crippen molar-refractivity contribution in [1.29, 1.82) is 0 Å².